The van der Waals surface area contributed by atoms with Crippen molar-refractivity contribution in [1.82, 2.24) is 10.3 Å². The first-order valence-corrected chi connectivity index (χ1v) is 7.69. The van der Waals surface area contributed by atoms with E-state index in [0.29, 0.717) is 22.0 Å². The van der Waals surface area contributed by atoms with Crippen molar-refractivity contribution in [2.45, 2.75) is 12.7 Å². The molecule has 0 aliphatic rings. The second-order valence-corrected chi connectivity index (χ2v) is 5.41. The molecule has 0 atom stereocenters. The molecule has 0 saturated carbocycles. The summed E-state index contributed by atoms with van der Waals surface area (Å²) in [5.74, 6) is 0.0883. The number of carbonyl (C=O) groups is 1. The number of methoxy groups -OCH3 is 1. The third kappa shape index (κ3) is 5.69. The SMILES string of the molecule is COc1c(Cl)cccc1NC(=O)NCc1cccnc1OCC(F)(F)F. The molecule has 0 aliphatic heterocycles. The molecule has 10 heteroatoms. The van der Waals surface area contributed by atoms with Gasteiger partial charge in [-0.15, -0.1) is 0 Å². The van der Waals surface area contributed by atoms with Crippen molar-refractivity contribution in [2.75, 3.05) is 19.0 Å². The van der Waals surface area contributed by atoms with Crippen LogP contribution in [-0.4, -0.2) is 30.9 Å². The van der Waals surface area contributed by atoms with E-state index in [9.17, 15) is 18.0 Å². The van der Waals surface area contributed by atoms with E-state index in [4.69, 9.17) is 16.3 Å². The Balaban J connectivity index is 1.99. The Bertz CT molecular complexity index is 772. The number of nitrogens with one attached hydrogen (secondary N) is 2. The number of ether oxygens (including phenoxy) is 2. The van der Waals surface area contributed by atoms with E-state index in [2.05, 4.69) is 20.4 Å². The minimum absolute atomic E-state index is 0.0876. The lowest BCUT2D eigenvalue weighted by Gasteiger charge is -2.14. The van der Waals surface area contributed by atoms with E-state index >= 15 is 0 Å². The van der Waals surface area contributed by atoms with Crippen molar-refractivity contribution >= 4 is 23.3 Å². The van der Waals surface area contributed by atoms with Crippen LogP contribution in [0.1, 0.15) is 5.56 Å². The van der Waals surface area contributed by atoms with Gasteiger partial charge in [0.25, 0.3) is 0 Å². The first-order chi connectivity index (χ1) is 12.3. The Morgan fingerprint density at radius 1 is 1.27 bits per heavy atom. The molecule has 1 heterocycles. The molecule has 0 bridgehead atoms. The molecule has 1 aromatic heterocycles. The van der Waals surface area contributed by atoms with Crippen molar-refractivity contribution in [1.29, 1.82) is 0 Å². The molecule has 2 rings (SSSR count). The molecule has 140 valence electrons. The maximum Gasteiger partial charge on any atom is 0.422 e. The second-order valence-electron chi connectivity index (χ2n) is 5.00. The summed E-state index contributed by atoms with van der Waals surface area (Å²) in [5.41, 5.74) is 0.641. The molecule has 0 fully saturated rings. The van der Waals surface area contributed by atoms with E-state index in [0.717, 1.165) is 0 Å². The van der Waals surface area contributed by atoms with Crippen molar-refractivity contribution < 1.29 is 27.4 Å². The highest BCUT2D eigenvalue weighted by atomic mass is 35.5. The van der Waals surface area contributed by atoms with Gasteiger partial charge in [-0.3, -0.25) is 0 Å². The summed E-state index contributed by atoms with van der Waals surface area (Å²) in [6, 6.07) is 7.24. The van der Waals surface area contributed by atoms with Crippen LogP contribution in [0.3, 0.4) is 0 Å². The number of pyridine rings is 1. The predicted molar refractivity (Wildman–Crippen MR) is 89.6 cm³/mol. The number of para-hydroxylation sites is 1. The van der Waals surface area contributed by atoms with Gasteiger partial charge in [0, 0.05) is 18.3 Å². The number of hydrogen-bond acceptors (Lipinski definition) is 4. The van der Waals surface area contributed by atoms with E-state index in [1.807, 2.05) is 0 Å². The normalized spacial score (nSPS) is 11.0. The first kappa shape index (κ1) is 19.6. The van der Waals surface area contributed by atoms with Crippen molar-refractivity contribution in [2.24, 2.45) is 0 Å². The Morgan fingerprint density at radius 3 is 2.73 bits per heavy atom. The Hall–Kier alpha value is -2.68. The molecular weight excluding hydrogens is 375 g/mol. The molecule has 26 heavy (non-hydrogen) atoms. The summed E-state index contributed by atoms with van der Waals surface area (Å²) in [7, 11) is 1.41. The topological polar surface area (TPSA) is 72.5 Å². The van der Waals surface area contributed by atoms with E-state index in [1.165, 1.54) is 25.4 Å². The number of rotatable bonds is 6. The van der Waals surface area contributed by atoms with Gasteiger partial charge in [0.15, 0.2) is 12.4 Å². The van der Waals surface area contributed by atoms with Gasteiger partial charge < -0.3 is 20.1 Å². The quantitative estimate of drug-likeness (QED) is 0.783. The van der Waals surface area contributed by atoms with Crippen LogP contribution in [0.2, 0.25) is 5.02 Å². The van der Waals surface area contributed by atoms with Gasteiger partial charge in [0.2, 0.25) is 5.88 Å². The molecule has 6 nitrogen and oxygen atoms in total. The number of aromatic nitrogens is 1. The van der Waals surface area contributed by atoms with Gasteiger partial charge in [-0.05, 0) is 18.2 Å². The van der Waals surface area contributed by atoms with Crippen molar-refractivity contribution in [3.05, 3.63) is 47.1 Å². The van der Waals surface area contributed by atoms with Gasteiger partial charge in [0.1, 0.15) is 0 Å². The van der Waals surface area contributed by atoms with Gasteiger partial charge in [0.05, 0.1) is 17.8 Å². The summed E-state index contributed by atoms with van der Waals surface area (Å²) in [6.45, 7) is -1.56. The van der Waals surface area contributed by atoms with Crippen LogP contribution in [0.5, 0.6) is 11.6 Å². The summed E-state index contributed by atoms with van der Waals surface area (Å²) >= 11 is 5.96. The highest BCUT2D eigenvalue weighted by molar-refractivity contribution is 6.32. The smallest absolute Gasteiger partial charge is 0.422 e. The molecule has 2 N–H and O–H groups in total. The number of amides is 2. The second kappa shape index (κ2) is 8.61. The number of urea groups is 1. The molecule has 0 radical (unpaired) electrons. The molecule has 2 amide bonds. The fourth-order valence-electron chi connectivity index (χ4n) is 2.00. The zero-order valence-electron chi connectivity index (χ0n) is 13.6. The zero-order valence-corrected chi connectivity index (χ0v) is 14.3. The van der Waals surface area contributed by atoms with E-state index < -0.39 is 18.8 Å². The maximum absolute atomic E-state index is 12.3. The monoisotopic (exact) mass is 389 g/mol. The number of nitrogens with zero attached hydrogens (tertiary/aromatic N) is 1. The lowest BCUT2D eigenvalue weighted by Crippen LogP contribution is -2.29. The van der Waals surface area contributed by atoms with Crippen molar-refractivity contribution in [3.8, 4) is 11.6 Å². The number of benzene rings is 1. The van der Waals surface area contributed by atoms with Gasteiger partial charge in [-0.2, -0.15) is 13.2 Å². The Labute approximate surface area is 152 Å². The molecule has 0 spiro atoms. The molecule has 2 aromatic rings. The van der Waals surface area contributed by atoms with Crippen molar-refractivity contribution in [3.63, 3.8) is 0 Å². The molecule has 0 unspecified atom stereocenters. The minimum atomic E-state index is -4.48. The van der Waals surface area contributed by atoms with Crippen LogP contribution in [0, 0.1) is 0 Å². The molecular formula is C16H15ClF3N3O3. The summed E-state index contributed by atoms with van der Waals surface area (Å²) < 4.78 is 46.6. The van der Waals surface area contributed by atoms with Gasteiger partial charge >= 0.3 is 12.2 Å². The maximum atomic E-state index is 12.3. The molecule has 1 aromatic carbocycles. The highest BCUT2D eigenvalue weighted by Gasteiger charge is 2.29. The lowest BCUT2D eigenvalue weighted by molar-refractivity contribution is -0.154. The third-order valence-corrected chi connectivity index (χ3v) is 3.38. The molecule has 0 aliphatic carbocycles. The lowest BCUT2D eigenvalue weighted by atomic mass is 10.2. The standard InChI is InChI=1S/C16H15ClF3N3O3/c1-25-13-11(17)5-2-6-12(13)23-15(24)22-8-10-4-3-7-21-14(10)26-9-16(18,19)20/h2-7H,8-9H2,1H3,(H2,22,23,24). The van der Waals surface area contributed by atoms with Gasteiger partial charge in [-0.25, -0.2) is 9.78 Å². The van der Waals surface area contributed by atoms with Crippen LogP contribution in [0.15, 0.2) is 36.5 Å². The minimum Gasteiger partial charge on any atom is -0.493 e. The van der Waals surface area contributed by atoms with Crippen LogP contribution in [0.4, 0.5) is 23.7 Å². The largest absolute Gasteiger partial charge is 0.493 e. The van der Waals surface area contributed by atoms with Crippen LogP contribution < -0.4 is 20.1 Å². The van der Waals surface area contributed by atoms with Crippen LogP contribution in [0.25, 0.3) is 0 Å². The average molecular weight is 390 g/mol. The zero-order chi connectivity index (χ0) is 19.2. The fraction of sp³-hybridized carbons (Fsp3) is 0.250. The third-order valence-electron chi connectivity index (χ3n) is 3.08. The number of halogens is 4. The highest BCUT2D eigenvalue weighted by Crippen LogP contribution is 2.32. The van der Waals surface area contributed by atoms with E-state index in [1.54, 1.807) is 18.2 Å². The first-order valence-electron chi connectivity index (χ1n) is 7.31. The number of alkyl halides is 3. The number of hydrogen-bond donors (Lipinski definition) is 2. The summed E-state index contributed by atoms with van der Waals surface area (Å²) in [6.07, 6.45) is -3.19. The Morgan fingerprint density at radius 2 is 2.04 bits per heavy atom. The number of carbonyl (C=O) groups excluding carboxylic acids is 1. The summed E-state index contributed by atoms with van der Waals surface area (Å²) in [4.78, 5) is 15.8. The van der Waals surface area contributed by atoms with Crippen LogP contribution in [-0.2, 0) is 6.54 Å². The van der Waals surface area contributed by atoms with Crippen LogP contribution >= 0.6 is 11.6 Å². The van der Waals surface area contributed by atoms with E-state index in [-0.39, 0.29) is 12.4 Å². The molecule has 0 saturated heterocycles. The Kier molecular flexibility index (Phi) is 6.51. The summed E-state index contributed by atoms with van der Waals surface area (Å²) in [5, 5.41) is 5.37. The average Bonchev–Trinajstić information content (AvgIpc) is 2.58. The predicted octanol–water partition coefficient (Wildman–Crippen LogP) is 4.01. The van der Waals surface area contributed by atoms with Gasteiger partial charge in [-0.1, -0.05) is 23.7 Å². The number of anilines is 1. The fourth-order valence-corrected chi connectivity index (χ4v) is 2.25.